The monoisotopic (exact) mass is 419 g/mol. The van der Waals surface area contributed by atoms with E-state index in [4.69, 9.17) is 25.8 Å². The second-order valence-corrected chi connectivity index (χ2v) is 6.71. The maximum Gasteiger partial charge on any atom is 0.338 e. The standard InChI is InChI=1S/C22H26ClNO5/c1-3-5-12-28-19-11-8-17(13-20(19)27-4-2)22(26)29-15-21(25)24-14-16-6-9-18(23)10-7-16/h6-11,13H,3-5,12,14-15H2,1-2H3,(H,24,25). The Bertz CT molecular complexity index is 807. The number of ether oxygens (including phenoxy) is 3. The molecule has 0 aliphatic carbocycles. The van der Waals surface area contributed by atoms with Crippen molar-refractivity contribution in [1.29, 1.82) is 0 Å². The maximum absolute atomic E-state index is 12.3. The smallest absolute Gasteiger partial charge is 0.338 e. The second kappa shape index (κ2) is 12.0. The van der Waals surface area contributed by atoms with Crippen molar-refractivity contribution < 1.29 is 23.8 Å². The number of esters is 1. The zero-order chi connectivity index (χ0) is 21.1. The largest absolute Gasteiger partial charge is 0.490 e. The predicted molar refractivity (Wildman–Crippen MR) is 112 cm³/mol. The second-order valence-electron chi connectivity index (χ2n) is 6.28. The summed E-state index contributed by atoms with van der Waals surface area (Å²) in [5, 5.41) is 3.32. The van der Waals surface area contributed by atoms with Crippen LogP contribution in [0.4, 0.5) is 0 Å². The third kappa shape index (κ3) is 7.66. The van der Waals surface area contributed by atoms with Crippen LogP contribution in [0.3, 0.4) is 0 Å². The van der Waals surface area contributed by atoms with Gasteiger partial charge in [-0.15, -0.1) is 0 Å². The average molecular weight is 420 g/mol. The molecule has 0 radical (unpaired) electrons. The molecule has 0 atom stereocenters. The van der Waals surface area contributed by atoms with E-state index in [0.29, 0.717) is 41.8 Å². The summed E-state index contributed by atoms with van der Waals surface area (Å²) < 4.78 is 16.4. The summed E-state index contributed by atoms with van der Waals surface area (Å²) in [7, 11) is 0. The molecular weight excluding hydrogens is 394 g/mol. The van der Waals surface area contributed by atoms with E-state index >= 15 is 0 Å². The van der Waals surface area contributed by atoms with Crippen LogP contribution in [-0.4, -0.2) is 31.7 Å². The first-order valence-corrected chi connectivity index (χ1v) is 9.99. The van der Waals surface area contributed by atoms with Gasteiger partial charge in [-0.2, -0.15) is 0 Å². The highest BCUT2D eigenvalue weighted by molar-refractivity contribution is 6.30. The van der Waals surface area contributed by atoms with Crippen molar-refractivity contribution in [2.75, 3.05) is 19.8 Å². The van der Waals surface area contributed by atoms with E-state index in [1.54, 1.807) is 30.3 Å². The third-order valence-electron chi connectivity index (χ3n) is 3.97. The molecule has 2 aromatic carbocycles. The number of hydrogen-bond donors (Lipinski definition) is 1. The lowest BCUT2D eigenvalue weighted by atomic mass is 10.2. The van der Waals surface area contributed by atoms with Crippen LogP contribution in [0.1, 0.15) is 42.6 Å². The quantitative estimate of drug-likeness (QED) is 0.432. The molecule has 0 aliphatic rings. The van der Waals surface area contributed by atoms with Crippen LogP contribution in [0, 0.1) is 0 Å². The molecule has 0 fully saturated rings. The summed E-state index contributed by atoms with van der Waals surface area (Å²) in [6, 6.07) is 12.0. The molecule has 0 aliphatic heterocycles. The summed E-state index contributed by atoms with van der Waals surface area (Å²) in [5.74, 6) is 0.0633. The van der Waals surface area contributed by atoms with Gasteiger partial charge in [-0.1, -0.05) is 37.1 Å². The fraction of sp³-hybridized carbons (Fsp3) is 0.364. The molecule has 0 spiro atoms. The first kappa shape index (κ1) is 22.6. The van der Waals surface area contributed by atoms with Gasteiger partial charge in [-0.25, -0.2) is 4.79 Å². The number of benzene rings is 2. The number of halogens is 1. The van der Waals surface area contributed by atoms with E-state index < -0.39 is 11.9 Å². The molecule has 29 heavy (non-hydrogen) atoms. The van der Waals surface area contributed by atoms with Gasteiger partial charge < -0.3 is 19.5 Å². The molecule has 156 valence electrons. The molecule has 1 amide bonds. The Hall–Kier alpha value is -2.73. The van der Waals surface area contributed by atoms with E-state index in [0.717, 1.165) is 18.4 Å². The molecule has 7 heteroatoms. The number of nitrogens with one attached hydrogen (secondary N) is 1. The predicted octanol–water partition coefficient (Wildman–Crippen LogP) is 4.39. The van der Waals surface area contributed by atoms with Gasteiger partial charge in [0, 0.05) is 11.6 Å². The molecular formula is C22H26ClNO5. The Labute approximate surface area is 176 Å². The minimum absolute atomic E-state index is 0.293. The number of rotatable bonds is 11. The molecule has 2 aromatic rings. The van der Waals surface area contributed by atoms with Gasteiger partial charge in [0.05, 0.1) is 18.8 Å². The Balaban J connectivity index is 1.87. The molecule has 0 bridgehead atoms. The maximum atomic E-state index is 12.3. The fourth-order valence-corrected chi connectivity index (χ4v) is 2.54. The molecule has 6 nitrogen and oxygen atoms in total. The van der Waals surface area contributed by atoms with Crippen molar-refractivity contribution in [3.8, 4) is 11.5 Å². The summed E-state index contributed by atoms with van der Waals surface area (Å²) in [5.41, 5.74) is 1.19. The third-order valence-corrected chi connectivity index (χ3v) is 4.22. The Kier molecular flexibility index (Phi) is 9.31. The number of unbranched alkanes of at least 4 members (excludes halogenated alkanes) is 1. The van der Waals surface area contributed by atoms with E-state index in [1.165, 1.54) is 0 Å². The number of carbonyl (C=O) groups is 2. The van der Waals surface area contributed by atoms with Gasteiger partial charge in [-0.05, 0) is 49.2 Å². The number of amides is 1. The Morgan fingerprint density at radius 1 is 1.00 bits per heavy atom. The molecule has 0 aromatic heterocycles. The van der Waals surface area contributed by atoms with Crippen molar-refractivity contribution in [1.82, 2.24) is 5.32 Å². The molecule has 0 saturated heterocycles. The topological polar surface area (TPSA) is 73.9 Å². The number of hydrogen-bond acceptors (Lipinski definition) is 5. The first-order chi connectivity index (χ1) is 14.0. The Morgan fingerprint density at radius 2 is 1.76 bits per heavy atom. The van der Waals surface area contributed by atoms with E-state index in [-0.39, 0.29) is 6.61 Å². The van der Waals surface area contributed by atoms with Crippen molar-refractivity contribution in [3.63, 3.8) is 0 Å². The van der Waals surface area contributed by atoms with Crippen LogP contribution in [-0.2, 0) is 16.1 Å². The molecule has 0 unspecified atom stereocenters. The zero-order valence-electron chi connectivity index (χ0n) is 16.7. The van der Waals surface area contributed by atoms with Crippen LogP contribution >= 0.6 is 11.6 Å². The summed E-state index contributed by atoms with van der Waals surface area (Å²) in [4.78, 5) is 24.2. The summed E-state index contributed by atoms with van der Waals surface area (Å²) in [6.07, 6.45) is 1.95. The highest BCUT2D eigenvalue weighted by Gasteiger charge is 2.14. The first-order valence-electron chi connectivity index (χ1n) is 9.61. The SMILES string of the molecule is CCCCOc1ccc(C(=O)OCC(=O)NCc2ccc(Cl)cc2)cc1OCC. The minimum atomic E-state index is -0.604. The van der Waals surface area contributed by atoms with Crippen LogP contribution in [0.25, 0.3) is 0 Å². The van der Waals surface area contributed by atoms with Gasteiger partial charge in [0.25, 0.3) is 5.91 Å². The van der Waals surface area contributed by atoms with Gasteiger partial charge in [0.15, 0.2) is 18.1 Å². The molecule has 0 saturated carbocycles. The van der Waals surface area contributed by atoms with Gasteiger partial charge in [0.2, 0.25) is 0 Å². The molecule has 2 rings (SSSR count). The highest BCUT2D eigenvalue weighted by atomic mass is 35.5. The summed E-state index contributed by atoms with van der Waals surface area (Å²) >= 11 is 5.83. The average Bonchev–Trinajstić information content (AvgIpc) is 2.73. The van der Waals surface area contributed by atoms with Crippen LogP contribution in [0.2, 0.25) is 5.02 Å². The van der Waals surface area contributed by atoms with E-state index in [2.05, 4.69) is 12.2 Å². The molecule has 1 N–H and O–H groups in total. The highest BCUT2D eigenvalue weighted by Crippen LogP contribution is 2.29. The lowest BCUT2D eigenvalue weighted by molar-refractivity contribution is -0.124. The van der Waals surface area contributed by atoms with Crippen molar-refractivity contribution in [3.05, 3.63) is 58.6 Å². The van der Waals surface area contributed by atoms with Crippen molar-refractivity contribution in [2.24, 2.45) is 0 Å². The van der Waals surface area contributed by atoms with Crippen LogP contribution in [0.5, 0.6) is 11.5 Å². The van der Waals surface area contributed by atoms with Crippen molar-refractivity contribution in [2.45, 2.75) is 33.2 Å². The summed E-state index contributed by atoms with van der Waals surface area (Å²) in [6.45, 7) is 4.91. The van der Waals surface area contributed by atoms with Crippen LogP contribution < -0.4 is 14.8 Å². The Morgan fingerprint density at radius 3 is 2.45 bits per heavy atom. The van der Waals surface area contributed by atoms with Crippen LogP contribution in [0.15, 0.2) is 42.5 Å². The van der Waals surface area contributed by atoms with Gasteiger partial charge in [0.1, 0.15) is 0 Å². The van der Waals surface area contributed by atoms with Crippen molar-refractivity contribution >= 4 is 23.5 Å². The van der Waals surface area contributed by atoms with Gasteiger partial charge >= 0.3 is 5.97 Å². The normalized spacial score (nSPS) is 10.3. The fourth-order valence-electron chi connectivity index (χ4n) is 2.42. The van der Waals surface area contributed by atoms with Gasteiger partial charge in [-0.3, -0.25) is 4.79 Å². The molecule has 0 heterocycles. The zero-order valence-corrected chi connectivity index (χ0v) is 17.5. The minimum Gasteiger partial charge on any atom is -0.490 e. The van der Waals surface area contributed by atoms with E-state index in [9.17, 15) is 9.59 Å². The number of carbonyl (C=O) groups excluding carboxylic acids is 2. The lowest BCUT2D eigenvalue weighted by Gasteiger charge is -2.13. The van der Waals surface area contributed by atoms with E-state index in [1.807, 2.05) is 19.1 Å². The lowest BCUT2D eigenvalue weighted by Crippen LogP contribution is -2.28.